The number of aromatic nitrogens is 1. The van der Waals surface area contributed by atoms with E-state index >= 15 is 0 Å². The first-order valence-corrected chi connectivity index (χ1v) is 10.5. The summed E-state index contributed by atoms with van der Waals surface area (Å²) < 4.78 is 5.92. The molecule has 0 fully saturated rings. The Balaban J connectivity index is 1.45. The summed E-state index contributed by atoms with van der Waals surface area (Å²) in [5.41, 5.74) is 5.04. The van der Waals surface area contributed by atoms with E-state index in [-0.39, 0.29) is 11.4 Å². The molecule has 0 aliphatic carbocycles. The molecule has 1 amide bonds. The van der Waals surface area contributed by atoms with Crippen molar-refractivity contribution in [1.29, 1.82) is 0 Å². The van der Waals surface area contributed by atoms with E-state index in [1.54, 1.807) is 30.3 Å². The highest BCUT2D eigenvalue weighted by molar-refractivity contribution is 5.93. The highest BCUT2D eigenvalue weighted by Gasteiger charge is 2.20. The SMILES string of the molecule is CC1=C(CN(C)C(=O)/C=C/c2cnc3c(c2)C=NC(C)(C)CN3)OCc2ccccc21. The highest BCUT2D eigenvalue weighted by atomic mass is 16.5. The van der Waals surface area contributed by atoms with Gasteiger partial charge in [-0.25, -0.2) is 4.98 Å². The van der Waals surface area contributed by atoms with Crippen molar-refractivity contribution in [2.24, 2.45) is 4.99 Å². The van der Waals surface area contributed by atoms with Gasteiger partial charge in [0.25, 0.3) is 0 Å². The number of carbonyl (C=O) groups is 1. The predicted molar refractivity (Wildman–Crippen MR) is 125 cm³/mol. The van der Waals surface area contributed by atoms with Crippen LogP contribution in [0.5, 0.6) is 0 Å². The summed E-state index contributed by atoms with van der Waals surface area (Å²) in [5, 5.41) is 3.33. The average Bonchev–Trinajstić information content (AvgIpc) is 2.92. The van der Waals surface area contributed by atoms with Crippen LogP contribution in [0.4, 0.5) is 5.82 Å². The van der Waals surface area contributed by atoms with Crippen LogP contribution >= 0.6 is 0 Å². The summed E-state index contributed by atoms with van der Waals surface area (Å²) >= 11 is 0. The molecular formula is C25H28N4O2. The van der Waals surface area contributed by atoms with Crippen LogP contribution < -0.4 is 5.32 Å². The molecule has 1 aromatic heterocycles. The van der Waals surface area contributed by atoms with E-state index in [0.717, 1.165) is 34.8 Å². The molecule has 0 spiro atoms. The molecule has 6 nitrogen and oxygen atoms in total. The lowest BCUT2D eigenvalue weighted by molar-refractivity contribution is -0.124. The van der Waals surface area contributed by atoms with Gasteiger partial charge in [-0.1, -0.05) is 24.3 Å². The summed E-state index contributed by atoms with van der Waals surface area (Å²) in [5.74, 6) is 1.55. The van der Waals surface area contributed by atoms with Gasteiger partial charge in [-0.2, -0.15) is 0 Å². The normalized spacial score (nSPS) is 16.8. The lowest BCUT2D eigenvalue weighted by atomic mass is 9.98. The van der Waals surface area contributed by atoms with Gasteiger partial charge in [0.05, 0.1) is 12.1 Å². The van der Waals surface area contributed by atoms with E-state index in [4.69, 9.17) is 4.74 Å². The van der Waals surface area contributed by atoms with Crippen molar-refractivity contribution in [2.45, 2.75) is 32.9 Å². The zero-order chi connectivity index (χ0) is 22.0. The molecule has 3 heterocycles. The van der Waals surface area contributed by atoms with Crippen LogP contribution in [-0.4, -0.2) is 47.7 Å². The van der Waals surface area contributed by atoms with Crippen LogP contribution in [-0.2, 0) is 16.1 Å². The lowest BCUT2D eigenvalue weighted by Crippen LogP contribution is -2.28. The molecular weight excluding hydrogens is 388 g/mol. The second kappa shape index (κ2) is 8.38. The number of pyridine rings is 1. The van der Waals surface area contributed by atoms with Crippen molar-refractivity contribution in [3.63, 3.8) is 0 Å². The number of benzene rings is 1. The Morgan fingerprint density at radius 2 is 2.13 bits per heavy atom. The predicted octanol–water partition coefficient (Wildman–Crippen LogP) is 4.14. The molecule has 0 saturated heterocycles. The molecule has 2 aromatic rings. The number of likely N-dealkylation sites (N-methyl/N-ethyl adjacent to an activating group) is 1. The third-order valence-electron chi connectivity index (χ3n) is 5.60. The van der Waals surface area contributed by atoms with Crippen LogP contribution in [0.3, 0.4) is 0 Å². The van der Waals surface area contributed by atoms with Crippen LogP contribution in [0.1, 0.15) is 43.0 Å². The molecule has 0 atom stereocenters. The fourth-order valence-corrected chi connectivity index (χ4v) is 3.61. The van der Waals surface area contributed by atoms with Gasteiger partial charge >= 0.3 is 0 Å². The fourth-order valence-electron chi connectivity index (χ4n) is 3.61. The Bertz CT molecular complexity index is 1100. The maximum absolute atomic E-state index is 12.7. The smallest absolute Gasteiger partial charge is 0.246 e. The first kappa shape index (κ1) is 20.8. The molecule has 2 aliphatic heterocycles. The summed E-state index contributed by atoms with van der Waals surface area (Å²) in [6, 6.07) is 10.2. The molecule has 1 aromatic carbocycles. The Morgan fingerprint density at radius 3 is 2.97 bits per heavy atom. The van der Waals surface area contributed by atoms with Gasteiger partial charge in [0.2, 0.25) is 5.91 Å². The maximum atomic E-state index is 12.7. The van der Waals surface area contributed by atoms with Gasteiger partial charge in [0, 0.05) is 37.6 Å². The quantitative estimate of drug-likeness (QED) is 0.761. The number of hydrogen-bond acceptors (Lipinski definition) is 5. The van der Waals surface area contributed by atoms with Crippen molar-refractivity contribution in [3.8, 4) is 0 Å². The minimum absolute atomic E-state index is 0.0920. The van der Waals surface area contributed by atoms with E-state index in [0.29, 0.717) is 13.2 Å². The monoisotopic (exact) mass is 416 g/mol. The van der Waals surface area contributed by atoms with Crippen LogP contribution in [0.15, 0.2) is 53.4 Å². The zero-order valence-corrected chi connectivity index (χ0v) is 18.5. The molecule has 31 heavy (non-hydrogen) atoms. The van der Waals surface area contributed by atoms with Crippen molar-refractivity contribution in [2.75, 3.05) is 25.5 Å². The van der Waals surface area contributed by atoms with Crippen LogP contribution in [0.25, 0.3) is 11.6 Å². The van der Waals surface area contributed by atoms with Crippen molar-refractivity contribution in [3.05, 3.63) is 70.6 Å². The Morgan fingerprint density at radius 1 is 1.32 bits per heavy atom. The number of rotatable bonds is 4. The van der Waals surface area contributed by atoms with E-state index in [1.807, 2.05) is 31.3 Å². The average molecular weight is 417 g/mol. The number of nitrogens with zero attached hydrogens (tertiary/aromatic N) is 3. The molecule has 0 bridgehead atoms. The third kappa shape index (κ3) is 4.68. The molecule has 0 saturated carbocycles. The number of allylic oxidation sites excluding steroid dienone is 1. The highest BCUT2D eigenvalue weighted by Crippen LogP contribution is 2.29. The number of fused-ring (bicyclic) bond motifs is 2. The topological polar surface area (TPSA) is 66.8 Å². The van der Waals surface area contributed by atoms with E-state index < -0.39 is 0 Å². The number of nitrogens with one attached hydrogen (secondary N) is 1. The first-order chi connectivity index (χ1) is 14.8. The molecule has 6 heteroatoms. The second-order valence-electron chi connectivity index (χ2n) is 8.65. The first-order valence-electron chi connectivity index (χ1n) is 10.5. The molecule has 2 aliphatic rings. The van der Waals surface area contributed by atoms with Gasteiger partial charge in [-0.05, 0) is 55.2 Å². The minimum Gasteiger partial charge on any atom is -0.491 e. The van der Waals surface area contributed by atoms with E-state index in [2.05, 4.69) is 41.3 Å². The number of amides is 1. The summed E-state index contributed by atoms with van der Waals surface area (Å²) in [6.07, 6.45) is 6.96. The van der Waals surface area contributed by atoms with Gasteiger partial charge in [0.1, 0.15) is 18.2 Å². The minimum atomic E-state index is -0.177. The maximum Gasteiger partial charge on any atom is 0.246 e. The van der Waals surface area contributed by atoms with Crippen LogP contribution in [0, 0.1) is 0 Å². The number of carbonyl (C=O) groups excluding carboxylic acids is 1. The molecule has 0 unspecified atom stereocenters. The number of hydrogen-bond donors (Lipinski definition) is 1. The second-order valence-corrected chi connectivity index (χ2v) is 8.65. The largest absolute Gasteiger partial charge is 0.491 e. The van der Waals surface area contributed by atoms with Gasteiger partial charge in [0.15, 0.2) is 0 Å². The Kier molecular flexibility index (Phi) is 5.63. The van der Waals surface area contributed by atoms with Gasteiger partial charge in [-0.15, -0.1) is 0 Å². The molecule has 1 N–H and O–H groups in total. The Hall–Kier alpha value is -3.41. The number of aliphatic imine (C=N–C) groups is 1. The number of ether oxygens (including phenoxy) is 1. The fraction of sp³-hybridized carbons (Fsp3) is 0.320. The van der Waals surface area contributed by atoms with Gasteiger partial charge in [-0.3, -0.25) is 9.79 Å². The van der Waals surface area contributed by atoms with E-state index in [1.165, 1.54) is 11.1 Å². The van der Waals surface area contributed by atoms with Crippen LogP contribution in [0.2, 0.25) is 0 Å². The number of anilines is 1. The lowest BCUT2D eigenvalue weighted by Gasteiger charge is -2.25. The summed E-state index contributed by atoms with van der Waals surface area (Å²) in [4.78, 5) is 23.4. The molecule has 160 valence electrons. The van der Waals surface area contributed by atoms with Gasteiger partial charge < -0.3 is 15.0 Å². The standard InChI is InChI=1S/C25H28N4O2/c1-17-21-8-6-5-7-19(21)15-31-22(17)14-29(4)23(30)10-9-18-11-20-13-28-25(2,3)16-27-24(20)26-12-18/h5-13H,14-16H2,1-4H3,(H,26,27)/b10-9+. The Labute approximate surface area is 183 Å². The van der Waals surface area contributed by atoms with Crippen molar-refractivity contribution < 1.29 is 9.53 Å². The zero-order valence-electron chi connectivity index (χ0n) is 18.5. The molecule has 4 rings (SSSR count). The summed E-state index contributed by atoms with van der Waals surface area (Å²) in [6.45, 7) is 7.88. The summed E-state index contributed by atoms with van der Waals surface area (Å²) in [7, 11) is 1.78. The van der Waals surface area contributed by atoms with Crippen molar-refractivity contribution in [1.82, 2.24) is 9.88 Å². The van der Waals surface area contributed by atoms with Crippen molar-refractivity contribution >= 4 is 29.6 Å². The third-order valence-corrected chi connectivity index (χ3v) is 5.60. The molecule has 0 radical (unpaired) electrons. The van der Waals surface area contributed by atoms with E-state index in [9.17, 15) is 4.79 Å².